The SMILES string of the molecule is Cn1ncc2c(=O)n(Cc3ccccc3C#N)c(Cl)nc21. The smallest absolute Gasteiger partial charge is 0.265 e. The fourth-order valence-corrected chi connectivity index (χ4v) is 2.38. The summed E-state index contributed by atoms with van der Waals surface area (Å²) in [7, 11) is 1.69. The van der Waals surface area contributed by atoms with Gasteiger partial charge in [0.15, 0.2) is 5.65 Å². The van der Waals surface area contributed by atoms with Crippen molar-refractivity contribution in [3.8, 4) is 6.07 Å². The third kappa shape index (κ3) is 2.18. The molecule has 2 heterocycles. The highest BCUT2D eigenvalue weighted by Gasteiger charge is 2.14. The molecule has 3 aromatic rings. The normalized spacial score (nSPS) is 10.7. The highest BCUT2D eigenvalue weighted by atomic mass is 35.5. The molecule has 6 nitrogen and oxygen atoms in total. The number of nitriles is 1. The second-order valence-electron chi connectivity index (χ2n) is 4.55. The Morgan fingerprint density at radius 2 is 2.14 bits per heavy atom. The molecule has 0 amide bonds. The summed E-state index contributed by atoms with van der Waals surface area (Å²) in [5.41, 5.74) is 1.39. The highest BCUT2D eigenvalue weighted by Crippen LogP contribution is 2.14. The summed E-state index contributed by atoms with van der Waals surface area (Å²) >= 11 is 6.11. The fraction of sp³-hybridized carbons (Fsp3) is 0.143. The van der Waals surface area contributed by atoms with Crippen LogP contribution < -0.4 is 5.56 Å². The fourth-order valence-electron chi connectivity index (χ4n) is 2.17. The van der Waals surface area contributed by atoms with Crippen molar-refractivity contribution in [1.82, 2.24) is 19.3 Å². The van der Waals surface area contributed by atoms with Crippen LogP contribution in [0.2, 0.25) is 5.28 Å². The third-order valence-electron chi connectivity index (χ3n) is 3.27. The molecule has 104 valence electrons. The van der Waals surface area contributed by atoms with Gasteiger partial charge >= 0.3 is 0 Å². The van der Waals surface area contributed by atoms with E-state index >= 15 is 0 Å². The van der Waals surface area contributed by atoms with Gasteiger partial charge in [-0.3, -0.25) is 14.0 Å². The average molecular weight is 300 g/mol. The van der Waals surface area contributed by atoms with E-state index in [9.17, 15) is 4.79 Å². The summed E-state index contributed by atoms with van der Waals surface area (Å²) < 4.78 is 2.83. The summed E-state index contributed by atoms with van der Waals surface area (Å²) in [5.74, 6) is 0. The number of rotatable bonds is 2. The van der Waals surface area contributed by atoms with E-state index in [1.54, 1.807) is 25.2 Å². The van der Waals surface area contributed by atoms with Crippen LogP contribution in [0.25, 0.3) is 11.0 Å². The lowest BCUT2D eigenvalue weighted by Gasteiger charge is -2.09. The van der Waals surface area contributed by atoms with Crippen molar-refractivity contribution in [2.24, 2.45) is 7.05 Å². The monoisotopic (exact) mass is 299 g/mol. The molecule has 1 aromatic carbocycles. The van der Waals surface area contributed by atoms with Gasteiger partial charge in [-0.1, -0.05) is 18.2 Å². The van der Waals surface area contributed by atoms with Gasteiger partial charge in [-0.15, -0.1) is 0 Å². The van der Waals surface area contributed by atoms with E-state index in [0.717, 1.165) is 0 Å². The first-order valence-corrected chi connectivity index (χ1v) is 6.55. The average Bonchev–Trinajstić information content (AvgIpc) is 2.85. The standard InChI is InChI=1S/C14H10ClN5O/c1-19-12-11(7-17-19)13(21)20(14(15)18-12)8-10-5-3-2-4-9(10)6-16/h2-5,7H,8H2,1H3. The minimum absolute atomic E-state index is 0.0730. The van der Waals surface area contributed by atoms with Crippen LogP contribution in [0.3, 0.4) is 0 Å². The van der Waals surface area contributed by atoms with E-state index in [-0.39, 0.29) is 17.4 Å². The zero-order chi connectivity index (χ0) is 15.0. The van der Waals surface area contributed by atoms with Crippen molar-refractivity contribution in [3.63, 3.8) is 0 Å². The molecule has 0 bridgehead atoms. The van der Waals surface area contributed by atoms with Crippen LogP contribution in [0.1, 0.15) is 11.1 Å². The van der Waals surface area contributed by atoms with Crippen LogP contribution in [0.15, 0.2) is 35.3 Å². The number of nitrogens with zero attached hydrogens (tertiary/aromatic N) is 5. The minimum Gasteiger partial charge on any atom is -0.278 e. The van der Waals surface area contributed by atoms with E-state index in [0.29, 0.717) is 22.2 Å². The van der Waals surface area contributed by atoms with Gasteiger partial charge in [-0.05, 0) is 23.2 Å². The molecule has 21 heavy (non-hydrogen) atoms. The van der Waals surface area contributed by atoms with Gasteiger partial charge in [0.25, 0.3) is 5.56 Å². The Balaban J connectivity index is 2.18. The molecule has 0 saturated heterocycles. The predicted molar refractivity (Wildman–Crippen MR) is 78.0 cm³/mol. The molecule has 0 unspecified atom stereocenters. The number of fused-ring (bicyclic) bond motifs is 1. The number of hydrogen-bond donors (Lipinski definition) is 0. The van der Waals surface area contributed by atoms with Crippen molar-refractivity contribution >= 4 is 22.6 Å². The van der Waals surface area contributed by atoms with Gasteiger partial charge in [0.2, 0.25) is 5.28 Å². The first-order chi connectivity index (χ1) is 10.1. The zero-order valence-corrected chi connectivity index (χ0v) is 11.9. The van der Waals surface area contributed by atoms with Gasteiger partial charge in [-0.2, -0.15) is 15.3 Å². The Morgan fingerprint density at radius 3 is 2.90 bits per heavy atom. The lowest BCUT2D eigenvalue weighted by Crippen LogP contribution is -2.23. The van der Waals surface area contributed by atoms with Crippen LogP contribution in [-0.2, 0) is 13.6 Å². The number of benzene rings is 1. The highest BCUT2D eigenvalue weighted by molar-refractivity contribution is 6.28. The Kier molecular flexibility index (Phi) is 3.20. The Bertz CT molecular complexity index is 935. The number of hydrogen-bond acceptors (Lipinski definition) is 4. The Hall–Kier alpha value is -2.65. The maximum absolute atomic E-state index is 12.5. The minimum atomic E-state index is -0.272. The predicted octanol–water partition coefficient (Wildman–Crippen LogP) is 1.70. The van der Waals surface area contributed by atoms with Crippen molar-refractivity contribution in [2.75, 3.05) is 0 Å². The van der Waals surface area contributed by atoms with Crippen molar-refractivity contribution in [2.45, 2.75) is 6.54 Å². The maximum atomic E-state index is 12.5. The molecule has 0 fully saturated rings. The van der Waals surface area contributed by atoms with Crippen molar-refractivity contribution in [3.05, 3.63) is 57.2 Å². The third-order valence-corrected chi connectivity index (χ3v) is 3.56. The molecule has 0 aliphatic carbocycles. The summed E-state index contributed by atoms with van der Waals surface area (Å²) in [4.78, 5) is 16.7. The van der Waals surface area contributed by atoms with E-state index in [1.165, 1.54) is 15.4 Å². The topological polar surface area (TPSA) is 76.5 Å². The second kappa shape index (κ2) is 5.04. The van der Waals surface area contributed by atoms with Crippen LogP contribution in [0.4, 0.5) is 0 Å². The van der Waals surface area contributed by atoms with Gasteiger partial charge in [0.1, 0.15) is 5.39 Å². The van der Waals surface area contributed by atoms with Gasteiger partial charge in [-0.25, -0.2) is 0 Å². The Morgan fingerprint density at radius 1 is 1.38 bits per heavy atom. The largest absolute Gasteiger partial charge is 0.278 e. The number of aryl methyl sites for hydroxylation is 1. The summed E-state index contributed by atoms with van der Waals surface area (Å²) in [6, 6.07) is 9.17. The lowest BCUT2D eigenvalue weighted by atomic mass is 10.1. The summed E-state index contributed by atoms with van der Waals surface area (Å²) in [6.45, 7) is 0.194. The van der Waals surface area contributed by atoms with Crippen LogP contribution >= 0.6 is 11.6 Å². The van der Waals surface area contributed by atoms with Crippen LogP contribution in [0.5, 0.6) is 0 Å². The van der Waals surface area contributed by atoms with E-state index in [1.807, 2.05) is 6.07 Å². The van der Waals surface area contributed by atoms with Gasteiger partial charge < -0.3 is 0 Å². The quantitative estimate of drug-likeness (QED) is 0.675. The van der Waals surface area contributed by atoms with E-state index in [2.05, 4.69) is 16.2 Å². The molecular weight excluding hydrogens is 290 g/mol. The van der Waals surface area contributed by atoms with E-state index in [4.69, 9.17) is 16.9 Å². The lowest BCUT2D eigenvalue weighted by molar-refractivity contribution is 0.737. The molecule has 0 N–H and O–H groups in total. The van der Waals surface area contributed by atoms with Crippen LogP contribution in [-0.4, -0.2) is 19.3 Å². The summed E-state index contributed by atoms with van der Waals surface area (Å²) in [5, 5.41) is 13.6. The molecule has 2 aromatic heterocycles. The molecule has 0 aliphatic heterocycles. The molecular formula is C14H10ClN5O. The van der Waals surface area contributed by atoms with Crippen LogP contribution in [0, 0.1) is 11.3 Å². The zero-order valence-electron chi connectivity index (χ0n) is 11.1. The van der Waals surface area contributed by atoms with E-state index < -0.39 is 0 Å². The molecule has 7 heteroatoms. The Labute approximate surface area is 124 Å². The number of aromatic nitrogens is 4. The van der Waals surface area contributed by atoms with Crippen molar-refractivity contribution in [1.29, 1.82) is 5.26 Å². The van der Waals surface area contributed by atoms with Crippen molar-refractivity contribution < 1.29 is 0 Å². The molecule has 0 radical (unpaired) electrons. The molecule has 0 spiro atoms. The first-order valence-electron chi connectivity index (χ1n) is 6.18. The second-order valence-corrected chi connectivity index (χ2v) is 4.88. The van der Waals surface area contributed by atoms with Gasteiger partial charge in [0.05, 0.1) is 24.4 Å². The van der Waals surface area contributed by atoms with Gasteiger partial charge in [0, 0.05) is 7.05 Å². The molecule has 0 atom stereocenters. The molecule has 3 rings (SSSR count). The number of halogens is 1. The maximum Gasteiger partial charge on any atom is 0.265 e. The molecule has 0 aliphatic rings. The first kappa shape index (κ1) is 13.3. The molecule has 0 saturated carbocycles. The summed E-state index contributed by atoms with van der Waals surface area (Å²) in [6.07, 6.45) is 1.47.